The molecule has 5 heteroatoms. The summed E-state index contributed by atoms with van der Waals surface area (Å²) in [6, 6.07) is 32.0. The fourth-order valence-electron chi connectivity index (χ4n) is 3.70. The van der Waals surface area contributed by atoms with Crippen LogP contribution in [0.15, 0.2) is 97.1 Å². The van der Waals surface area contributed by atoms with Gasteiger partial charge < -0.3 is 14.4 Å². The molecular weight excluding hydrogens is 412 g/mol. The SMILES string of the molecule is O=C1CN(c2ccc(-c3ccc(OCc4ccccc4)nc3OCc3ccccc3)cc2)C1. The van der Waals surface area contributed by atoms with Gasteiger partial charge in [0.2, 0.25) is 11.8 Å². The van der Waals surface area contributed by atoms with E-state index in [0.29, 0.717) is 38.1 Å². The molecule has 0 bridgehead atoms. The van der Waals surface area contributed by atoms with Gasteiger partial charge in [0, 0.05) is 17.3 Å². The van der Waals surface area contributed by atoms with Crippen LogP contribution in [0.5, 0.6) is 11.8 Å². The number of ketones is 1. The Labute approximate surface area is 193 Å². The summed E-state index contributed by atoms with van der Waals surface area (Å²) >= 11 is 0. The Morgan fingerprint density at radius 1 is 0.697 bits per heavy atom. The van der Waals surface area contributed by atoms with Crippen LogP contribution in [0, 0.1) is 0 Å². The van der Waals surface area contributed by atoms with Crippen LogP contribution in [-0.4, -0.2) is 23.9 Å². The van der Waals surface area contributed by atoms with Crippen molar-refractivity contribution in [1.82, 2.24) is 4.98 Å². The highest BCUT2D eigenvalue weighted by molar-refractivity contribution is 5.95. The van der Waals surface area contributed by atoms with Crippen LogP contribution in [0.1, 0.15) is 11.1 Å². The zero-order valence-corrected chi connectivity index (χ0v) is 18.2. The molecule has 0 spiro atoms. The quantitative estimate of drug-likeness (QED) is 0.375. The molecule has 1 aliphatic rings. The van der Waals surface area contributed by atoms with E-state index in [1.54, 1.807) is 0 Å². The van der Waals surface area contributed by atoms with Gasteiger partial charge in [-0.2, -0.15) is 4.98 Å². The molecule has 0 atom stereocenters. The Morgan fingerprint density at radius 3 is 1.91 bits per heavy atom. The smallest absolute Gasteiger partial charge is 0.225 e. The lowest BCUT2D eigenvalue weighted by Gasteiger charge is -2.31. The Morgan fingerprint density at radius 2 is 1.30 bits per heavy atom. The molecule has 0 radical (unpaired) electrons. The molecule has 3 aromatic carbocycles. The highest BCUT2D eigenvalue weighted by atomic mass is 16.5. The first-order valence-corrected chi connectivity index (χ1v) is 11.0. The summed E-state index contributed by atoms with van der Waals surface area (Å²) in [6.07, 6.45) is 0. The maximum Gasteiger partial charge on any atom is 0.225 e. The number of hydrogen-bond acceptors (Lipinski definition) is 5. The van der Waals surface area contributed by atoms with Gasteiger partial charge in [0.1, 0.15) is 13.2 Å². The van der Waals surface area contributed by atoms with Crippen LogP contribution < -0.4 is 14.4 Å². The van der Waals surface area contributed by atoms with Crippen LogP contribution >= 0.6 is 0 Å². The highest BCUT2D eigenvalue weighted by Gasteiger charge is 2.23. The first kappa shape index (κ1) is 20.8. The van der Waals surface area contributed by atoms with E-state index in [1.807, 2.05) is 97.1 Å². The van der Waals surface area contributed by atoms with Crippen LogP contribution in [0.2, 0.25) is 0 Å². The van der Waals surface area contributed by atoms with Gasteiger partial charge in [-0.05, 0) is 34.9 Å². The fraction of sp³-hybridized carbons (Fsp3) is 0.143. The number of anilines is 1. The molecule has 1 aliphatic heterocycles. The summed E-state index contributed by atoms with van der Waals surface area (Å²) in [5, 5.41) is 0. The van der Waals surface area contributed by atoms with E-state index in [4.69, 9.17) is 9.47 Å². The van der Waals surface area contributed by atoms with Crippen molar-refractivity contribution in [3.63, 3.8) is 0 Å². The van der Waals surface area contributed by atoms with Crippen molar-refractivity contribution in [2.45, 2.75) is 13.2 Å². The summed E-state index contributed by atoms with van der Waals surface area (Å²) in [4.78, 5) is 18.0. The van der Waals surface area contributed by atoms with E-state index in [0.717, 1.165) is 27.9 Å². The Balaban J connectivity index is 1.38. The first-order valence-electron chi connectivity index (χ1n) is 11.0. The molecule has 164 valence electrons. The predicted octanol–water partition coefficient (Wildman–Crippen LogP) is 5.30. The summed E-state index contributed by atoms with van der Waals surface area (Å²) < 4.78 is 12.1. The predicted molar refractivity (Wildman–Crippen MR) is 128 cm³/mol. The molecular formula is C28H24N2O3. The zero-order chi connectivity index (χ0) is 22.5. The number of benzene rings is 3. The lowest BCUT2D eigenvalue weighted by molar-refractivity contribution is -0.119. The topological polar surface area (TPSA) is 51.7 Å². The molecule has 0 amide bonds. The van der Waals surface area contributed by atoms with Gasteiger partial charge in [-0.15, -0.1) is 0 Å². The molecule has 33 heavy (non-hydrogen) atoms. The number of carbonyl (C=O) groups excluding carboxylic acids is 1. The Kier molecular flexibility index (Phi) is 6.02. The minimum Gasteiger partial charge on any atom is -0.473 e. The number of Topliss-reactive ketones (excluding diaryl/α,β-unsaturated/α-hetero) is 1. The van der Waals surface area contributed by atoms with Gasteiger partial charge in [0.25, 0.3) is 0 Å². The van der Waals surface area contributed by atoms with E-state index in [-0.39, 0.29) is 5.78 Å². The second kappa shape index (κ2) is 9.57. The van der Waals surface area contributed by atoms with E-state index in [1.165, 1.54) is 0 Å². The molecule has 0 aliphatic carbocycles. The summed E-state index contributed by atoms with van der Waals surface area (Å²) in [7, 11) is 0. The number of carbonyl (C=O) groups is 1. The third-order valence-electron chi connectivity index (χ3n) is 5.56. The van der Waals surface area contributed by atoms with E-state index < -0.39 is 0 Å². The molecule has 2 heterocycles. The monoisotopic (exact) mass is 436 g/mol. The number of ether oxygens (including phenoxy) is 2. The van der Waals surface area contributed by atoms with Crippen LogP contribution in [0.25, 0.3) is 11.1 Å². The van der Waals surface area contributed by atoms with Crippen molar-refractivity contribution in [3.05, 3.63) is 108 Å². The molecule has 1 fully saturated rings. The lowest BCUT2D eigenvalue weighted by atomic mass is 10.1. The van der Waals surface area contributed by atoms with E-state index in [9.17, 15) is 4.79 Å². The molecule has 1 saturated heterocycles. The van der Waals surface area contributed by atoms with Crippen molar-refractivity contribution in [2.75, 3.05) is 18.0 Å². The second-order valence-corrected chi connectivity index (χ2v) is 7.99. The average Bonchev–Trinajstić information content (AvgIpc) is 2.86. The van der Waals surface area contributed by atoms with Gasteiger partial charge >= 0.3 is 0 Å². The van der Waals surface area contributed by atoms with Crippen molar-refractivity contribution < 1.29 is 14.3 Å². The Bertz CT molecular complexity index is 1220. The van der Waals surface area contributed by atoms with Gasteiger partial charge in [-0.3, -0.25) is 4.79 Å². The first-order chi connectivity index (χ1) is 16.2. The molecule has 0 unspecified atom stereocenters. The van der Waals surface area contributed by atoms with Crippen molar-refractivity contribution >= 4 is 11.5 Å². The summed E-state index contributed by atoms with van der Waals surface area (Å²) in [5.74, 6) is 1.31. The van der Waals surface area contributed by atoms with E-state index >= 15 is 0 Å². The van der Waals surface area contributed by atoms with Gasteiger partial charge in [0.15, 0.2) is 5.78 Å². The summed E-state index contributed by atoms with van der Waals surface area (Å²) in [6.45, 7) is 1.82. The third kappa shape index (κ3) is 5.04. The third-order valence-corrected chi connectivity index (χ3v) is 5.56. The number of aromatic nitrogens is 1. The summed E-state index contributed by atoms with van der Waals surface area (Å²) in [5.41, 5.74) is 5.08. The van der Waals surface area contributed by atoms with Gasteiger partial charge in [-0.25, -0.2) is 0 Å². The molecule has 4 aromatic rings. The maximum absolute atomic E-state index is 11.3. The number of nitrogens with zero attached hydrogens (tertiary/aromatic N) is 2. The van der Waals surface area contributed by atoms with Crippen molar-refractivity contribution in [3.8, 4) is 22.9 Å². The molecule has 1 aromatic heterocycles. The van der Waals surface area contributed by atoms with Crippen LogP contribution in [0.4, 0.5) is 5.69 Å². The maximum atomic E-state index is 11.3. The fourth-order valence-corrected chi connectivity index (χ4v) is 3.70. The molecule has 0 saturated carbocycles. The van der Waals surface area contributed by atoms with Gasteiger partial charge in [-0.1, -0.05) is 72.8 Å². The minimum absolute atomic E-state index is 0.269. The normalized spacial score (nSPS) is 12.8. The van der Waals surface area contributed by atoms with Crippen molar-refractivity contribution in [1.29, 1.82) is 0 Å². The van der Waals surface area contributed by atoms with Crippen LogP contribution in [-0.2, 0) is 18.0 Å². The minimum atomic E-state index is 0.269. The molecule has 0 N–H and O–H groups in total. The number of rotatable bonds is 8. The highest BCUT2D eigenvalue weighted by Crippen LogP contribution is 2.33. The van der Waals surface area contributed by atoms with Crippen LogP contribution in [0.3, 0.4) is 0 Å². The van der Waals surface area contributed by atoms with Crippen molar-refractivity contribution in [2.24, 2.45) is 0 Å². The standard InChI is InChI=1S/C28H24N2O3/c31-25-17-30(18-25)24-13-11-23(12-14-24)26-15-16-27(32-19-21-7-3-1-4-8-21)29-28(26)33-20-22-9-5-2-6-10-22/h1-16H,17-20H2. The molecule has 5 rings (SSSR count). The molecule has 5 nitrogen and oxygen atoms in total. The number of hydrogen-bond donors (Lipinski definition) is 0. The largest absolute Gasteiger partial charge is 0.473 e. The Hall–Kier alpha value is -4.12. The number of pyridine rings is 1. The second-order valence-electron chi connectivity index (χ2n) is 7.99. The average molecular weight is 437 g/mol. The lowest BCUT2D eigenvalue weighted by Crippen LogP contribution is -2.47. The van der Waals surface area contributed by atoms with Gasteiger partial charge in [0.05, 0.1) is 13.1 Å². The zero-order valence-electron chi connectivity index (χ0n) is 18.2. The van der Waals surface area contributed by atoms with E-state index in [2.05, 4.69) is 9.88 Å².